The number of aromatic nitrogens is 1. The number of carbonyl (C=O) groups is 2. The number of para-hydroxylation sites is 1. The van der Waals surface area contributed by atoms with Crippen LogP contribution in [0, 0.1) is 0 Å². The number of fused-ring (bicyclic) bond motifs is 2. The number of hydrogen-bond donors (Lipinski definition) is 1. The number of hydrogen-bond acceptors (Lipinski definition) is 6. The van der Waals surface area contributed by atoms with Crippen LogP contribution in [0.4, 0.5) is 11.4 Å². The minimum Gasteiger partial charge on any atom is -0.497 e. The van der Waals surface area contributed by atoms with E-state index in [2.05, 4.69) is 10.3 Å². The number of rotatable bonds is 5. The summed E-state index contributed by atoms with van der Waals surface area (Å²) in [6.45, 7) is -0.212. The van der Waals surface area contributed by atoms with E-state index in [1.807, 2.05) is 18.2 Å². The van der Waals surface area contributed by atoms with Crippen molar-refractivity contribution >= 4 is 46.6 Å². The summed E-state index contributed by atoms with van der Waals surface area (Å²) in [6, 6.07) is 14.0. The van der Waals surface area contributed by atoms with Gasteiger partial charge in [0.25, 0.3) is 5.91 Å². The molecule has 0 unspecified atom stereocenters. The van der Waals surface area contributed by atoms with E-state index in [1.54, 1.807) is 36.5 Å². The van der Waals surface area contributed by atoms with E-state index >= 15 is 0 Å². The van der Waals surface area contributed by atoms with Gasteiger partial charge >= 0.3 is 0 Å². The van der Waals surface area contributed by atoms with Crippen molar-refractivity contribution in [1.82, 2.24) is 4.98 Å². The summed E-state index contributed by atoms with van der Waals surface area (Å²) in [7, 11) is 2.98. The zero-order valence-electron chi connectivity index (χ0n) is 16.7. The molecule has 1 aliphatic rings. The highest BCUT2D eigenvalue weighted by molar-refractivity contribution is 7.99. The minimum atomic E-state index is -0.425. The second kappa shape index (κ2) is 8.87. The Kier molecular flexibility index (Phi) is 6.01. The highest BCUT2D eigenvalue weighted by Gasteiger charge is 2.29. The number of ether oxygens (including phenoxy) is 2. The van der Waals surface area contributed by atoms with Crippen LogP contribution in [0.15, 0.2) is 64.6 Å². The summed E-state index contributed by atoms with van der Waals surface area (Å²) >= 11 is 7.71. The molecule has 2 amide bonds. The van der Waals surface area contributed by atoms with Crippen molar-refractivity contribution in [2.24, 2.45) is 0 Å². The van der Waals surface area contributed by atoms with Gasteiger partial charge in [-0.3, -0.25) is 14.5 Å². The maximum atomic E-state index is 13.3. The number of benzene rings is 2. The normalized spacial score (nSPS) is 12.5. The Labute approximate surface area is 188 Å². The molecule has 0 bridgehead atoms. The maximum Gasteiger partial charge on any atom is 0.261 e. The van der Waals surface area contributed by atoms with Crippen LogP contribution in [0.25, 0.3) is 0 Å². The molecule has 0 radical (unpaired) electrons. The van der Waals surface area contributed by atoms with Crippen molar-refractivity contribution in [2.45, 2.75) is 9.92 Å². The van der Waals surface area contributed by atoms with Gasteiger partial charge in [-0.15, -0.1) is 0 Å². The molecule has 0 saturated carbocycles. The number of methoxy groups -OCH3 is 2. The van der Waals surface area contributed by atoms with E-state index in [0.29, 0.717) is 33.5 Å². The number of anilines is 2. The Bertz CT molecular complexity index is 1170. The Morgan fingerprint density at radius 3 is 2.74 bits per heavy atom. The largest absolute Gasteiger partial charge is 0.497 e. The van der Waals surface area contributed by atoms with E-state index in [0.717, 1.165) is 4.90 Å². The van der Waals surface area contributed by atoms with E-state index in [1.165, 1.54) is 30.9 Å². The second-order valence-corrected chi connectivity index (χ2v) is 7.99. The van der Waals surface area contributed by atoms with Gasteiger partial charge in [0.1, 0.15) is 28.8 Å². The average molecular weight is 456 g/mol. The summed E-state index contributed by atoms with van der Waals surface area (Å²) in [5.74, 6) is 0.123. The van der Waals surface area contributed by atoms with E-state index < -0.39 is 5.91 Å². The van der Waals surface area contributed by atoms with Crippen LogP contribution >= 0.6 is 23.4 Å². The fourth-order valence-electron chi connectivity index (χ4n) is 3.20. The van der Waals surface area contributed by atoms with Crippen LogP contribution in [0.2, 0.25) is 5.02 Å². The van der Waals surface area contributed by atoms with Crippen LogP contribution in [0.3, 0.4) is 0 Å². The quantitative estimate of drug-likeness (QED) is 0.610. The van der Waals surface area contributed by atoms with Crippen LogP contribution in [0.1, 0.15) is 10.4 Å². The molecular weight excluding hydrogens is 438 g/mol. The third-order valence-corrected chi connectivity index (χ3v) is 6.04. The van der Waals surface area contributed by atoms with E-state index in [9.17, 15) is 9.59 Å². The molecule has 0 saturated heterocycles. The molecule has 9 heteroatoms. The monoisotopic (exact) mass is 455 g/mol. The topological polar surface area (TPSA) is 80.8 Å². The van der Waals surface area contributed by atoms with Gasteiger partial charge in [0.2, 0.25) is 5.91 Å². The molecule has 2 heterocycles. The lowest BCUT2D eigenvalue weighted by Crippen LogP contribution is -2.38. The Morgan fingerprint density at radius 2 is 1.97 bits per heavy atom. The van der Waals surface area contributed by atoms with E-state index in [4.69, 9.17) is 21.1 Å². The summed E-state index contributed by atoms with van der Waals surface area (Å²) in [5.41, 5.74) is 1.39. The molecule has 0 spiro atoms. The van der Waals surface area contributed by atoms with Gasteiger partial charge in [-0.05, 0) is 24.3 Å². The number of pyridine rings is 1. The molecule has 2 aromatic carbocycles. The molecule has 31 heavy (non-hydrogen) atoms. The van der Waals surface area contributed by atoms with E-state index in [-0.39, 0.29) is 17.5 Å². The summed E-state index contributed by atoms with van der Waals surface area (Å²) in [4.78, 5) is 32.9. The van der Waals surface area contributed by atoms with Crippen molar-refractivity contribution in [1.29, 1.82) is 0 Å². The van der Waals surface area contributed by atoms with Gasteiger partial charge in [0.05, 0.1) is 30.5 Å². The fourth-order valence-corrected chi connectivity index (χ4v) is 4.46. The van der Waals surface area contributed by atoms with Gasteiger partial charge in [0.15, 0.2) is 0 Å². The molecule has 7 nitrogen and oxygen atoms in total. The van der Waals surface area contributed by atoms with Crippen molar-refractivity contribution in [2.75, 3.05) is 31.0 Å². The first-order valence-electron chi connectivity index (χ1n) is 9.27. The predicted molar refractivity (Wildman–Crippen MR) is 120 cm³/mol. The first-order chi connectivity index (χ1) is 15.0. The van der Waals surface area contributed by atoms with Crippen molar-refractivity contribution in [3.8, 4) is 11.5 Å². The Morgan fingerprint density at radius 1 is 1.16 bits per heavy atom. The molecule has 1 N–H and O–H groups in total. The smallest absolute Gasteiger partial charge is 0.261 e. The molecule has 4 rings (SSSR count). The number of amides is 2. The van der Waals surface area contributed by atoms with Crippen molar-refractivity contribution in [3.63, 3.8) is 0 Å². The molecule has 1 aliphatic heterocycles. The number of nitrogens with zero attached hydrogens (tertiary/aromatic N) is 2. The van der Waals surface area contributed by atoms with Crippen molar-refractivity contribution in [3.05, 3.63) is 65.3 Å². The fraction of sp³-hybridized carbons (Fsp3) is 0.136. The first-order valence-corrected chi connectivity index (χ1v) is 10.5. The standard InChI is InChI=1S/C22H18ClN3O4S/c1-29-13-10-15(23)20(17(11-13)30-2)25-19(27)12-26-16-7-3-4-8-18(16)31-21-14(22(26)28)6-5-9-24-21/h3-11H,12H2,1-2H3,(H,25,27). The highest BCUT2D eigenvalue weighted by atomic mass is 35.5. The Hall–Kier alpha value is -3.23. The molecular formula is C22H18ClN3O4S. The minimum absolute atomic E-state index is 0.212. The van der Waals surface area contributed by atoms with Gasteiger partial charge in [0, 0.05) is 23.2 Å². The lowest BCUT2D eigenvalue weighted by Gasteiger charge is -2.23. The second-order valence-electron chi connectivity index (χ2n) is 6.55. The third kappa shape index (κ3) is 4.17. The average Bonchev–Trinajstić information content (AvgIpc) is 2.90. The molecule has 1 aromatic heterocycles. The SMILES string of the molecule is COc1cc(Cl)c(NC(=O)CN2C(=O)c3cccnc3Sc3ccccc32)c(OC)c1. The predicted octanol–water partition coefficient (Wildman–Crippen LogP) is 4.50. The van der Waals surface area contributed by atoms with Gasteiger partial charge < -0.3 is 14.8 Å². The summed E-state index contributed by atoms with van der Waals surface area (Å²) < 4.78 is 10.5. The number of nitrogens with one attached hydrogen (secondary N) is 1. The molecule has 0 aliphatic carbocycles. The lowest BCUT2D eigenvalue weighted by atomic mass is 10.2. The van der Waals surface area contributed by atoms with Crippen LogP contribution < -0.4 is 19.7 Å². The number of carbonyl (C=O) groups excluding carboxylic acids is 2. The summed E-state index contributed by atoms with van der Waals surface area (Å²) in [5, 5.41) is 3.62. The maximum absolute atomic E-state index is 13.3. The third-order valence-electron chi connectivity index (χ3n) is 4.66. The van der Waals surface area contributed by atoms with Crippen LogP contribution in [0.5, 0.6) is 11.5 Å². The van der Waals surface area contributed by atoms with Crippen LogP contribution in [-0.4, -0.2) is 37.6 Å². The lowest BCUT2D eigenvalue weighted by molar-refractivity contribution is -0.114. The molecule has 0 atom stereocenters. The molecule has 0 fully saturated rings. The zero-order valence-corrected chi connectivity index (χ0v) is 18.3. The van der Waals surface area contributed by atoms with Crippen molar-refractivity contribution < 1.29 is 19.1 Å². The van der Waals surface area contributed by atoms with Gasteiger partial charge in [-0.25, -0.2) is 4.98 Å². The highest BCUT2D eigenvalue weighted by Crippen LogP contribution is 2.40. The molecule has 158 valence electrons. The van der Waals surface area contributed by atoms with Gasteiger partial charge in [-0.2, -0.15) is 0 Å². The van der Waals surface area contributed by atoms with Crippen LogP contribution in [-0.2, 0) is 4.79 Å². The summed E-state index contributed by atoms with van der Waals surface area (Å²) in [6.07, 6.45) is 1.64. The van der Waals surface area contributed by atoms with Gasteiger partial charge in [-0.1, -0.05) is 35.5 Å². The zero-order chi connectivity index (χ0) is 22.0. The number of halogens is 1. The Balaban J connectivity index is 1.66. The molecule has 3 aromatic rings. The first kappa shape index (κ1) is 21.0.